The summed E-state index contributed by atoms with van der Waals surface area (Å²) in [4.78, 5) is 24.0. The molecule has 2 rings (SSSR count). The van der Waals surface area contributed by atoms with Crippen LogP contribution in [0.25, 0.3) is 0 Å². The molecule has 1 aliphatic carbocycles. The van der Waals surface area contributed by atoms with E-state index in [4.69, 9.17) is 4.74 Å². The lowest BCUT2D eigenvalue weighted by molar-refractivity contribution is 0.0530. The van der Waals surface area contributed by atoms with Crippen molar-refractivity contribution in [2.24, 2.45) is 0 Å². The molecular formula is C12H14O3S. The van der Waals surface area contributed by atoms with Crippen LogP contribution >= 0.6 is 11.3 Å². The number of fused-ring (bicyclic) bond motifs is 1. The molecule has 1 aromatic rings. The summed E-state index contributed by atoms with van der Waals surface area (Å²) in [5.41, 5.74) is 2.13. The highest BCUT2D eigenvalue weighted by atomic mass is 32.1. The summed E-state index contributed by atoms with van der Waals surface area (Å²) in [6.07, 6.45) is 4.87. The van der Waals surface area contributed by atoms with Crippen molar-refractivity contribution in [1.82, 2.24) is 0 Å². The summed E-state index contributed by atoms with van der Waals surface area (Å²) in [5.74, 6) is -0.279. The summed E-state index contributed by atoms with van der Waals surface area (Å²) >= 11 is 1.28. The Bertz CT molecular complexity index is 420. The lowest BCUT2D eigenvalue weighted by Crippen LogP contribution is -2.08. The van der Waals surface area contributed by atoms with Crippen molar-refractivity contribution in [3.05, 3.63) is 20.9 Å². The van der Waals surface area contributed by atoms with E-state index in [0.29, 0.717) is 16.4 Å². The van der Waals surface area contributed by atoms with Crippen LogP contribution in [0.1, 0.15) is 50.2 Å². The van der Waals surface area contributed by atoms with Gasteiger partial charge in [0.2, 0.25) is 0 Å². The monoisotopic (exact) mass is 238 g/mol. The molecule has 0 N–H and O–H groups in total. The van der Waals surface area contributed by atoms with Crippen molar-refractivity contribution >= 4 is 23.6 Å². The second-order valence-electron chi connectivity index (χ2n) is 3.80. The van der Waals surface area contributed by atoms with Crippen LogP contribution in [0.15, 0.2) is 0 Å². The molecule has 0 bridgehead atoms. The van der Waals surface area contributed by atoms with Crippen molar-refractivity contribution in [3.63, 3.8) is 0 Å². The first-order valence-corrected chi connectivity index (χ1v) is 6.36. The number of carbonyl (C=O) groups excluding carboxylic acids is 2. The maximum Gasteiger partial charge on any atom is 0.348 e. The Balaban J connectivity index is 2.41. The molecule has 0 spiro atoms. The van der Waals surface area contributed by atoms with Crippen LogP contribution in [0.3, 0.4) is 0 Å². The summed E-state index contributed by atoms with van der Waals surface area (Å²) in [5, 5.41) is 0. The Kier molecular flexibility index (Phi) is 3.39. The molecule has 0 saturated carbocycles. The van der Waals surface area contributed by atoms with E-state index < -0.39 is 0 Å². The third-order valence-electron chi connectivity index (χ3n) is 2.82. The highest BCUT2D eigenvalue weighted by Crippen LogP contribution is 2.33. The van der Waals surface area contributed by atoms with Crippen molar-refractivity contribution in [3.8, 4) is 0 Å². The van der Waals surface area contributed by atoms with E-state index >= 15 is 0 Å². The minimum atomic E-state index is -0.279. The summed E-state index contributed by atoms with van der Waals surface area (Å²) in [7, 11) is 0. The Labute approximate surface area is 98.4 Å². The van der Waals surface area contributed by atoms with Gasteiger partial charge in [-0.25, -0.2) is 4.79 Å². The van der Waals surface area contributed by atoms with Gasteiger partial charge in [0.25, 0.3) is 0 Å². The van der Waals surface area contributed by atoms with Crippen molar-refractivity contribution in [1.29, 1.82) is 0 Å². The molecule has 0 atom stereocenters. The van der Waals surface area contributed by atoms with Gasteiger partial charge in [-0.3, -0.25) is 4.79 Å². The number of thiophene rings is 1. The van der Waals surface area contributed by atoms with E-state index in [1.165, 1.54) is 11.3 Å². The molecule has 1 aliphatic rings. The number of aldehydes is 1. The van der Waals surface area contributed by atoms with Crippen LogP contribution in [0.2, 0.25) is 0 Å². The summed E-state index contributed by atoms with van der Waals surface area (Å²) < 4.78 is 5.01. The number of carbonyl (C=O) groups is 2. The number of esters is 1. The predicted octanol–water partition coefficient (Wildman–Crippen LogP) is 2.62. The quantitative estimate of drug-likeness (QED) is 0.600. The molecule has 3 nitrogen and oxygen atoms in total. The first kappa shape index (κ1) is 11.3. The van der Waals surface area contributed by atoms with Crippen molar-refractivity contribution in [2.45, 2.75) is 32.6 Å². The van der Waals surface area contributed by atoms with Crippen LogP contribution in [0.5, 0.6) is 0 Å². The summed E-state index contributed by atoms with van der Waals surface area (Å²) in [6, 6.07) is 0. The highest BCUT2D eigenvalue weighted by molar-refractivity contribution is 7.15. The topological polar surface area (TPSA) is 43.4 Å². The van der Waals surface area contributed by atoms with Crippen molar-refractivity contribution in [2.75, 3.05) is 6.61 Å². The number of rotatable bonds is 3. The van der Waals surface area contributed by atoms with Gasteiger partial charge in [0.1, 0.15) is 4.88 Å². The van der Waals surface area contributed by atoms with Gasteiger partial charge < -0.3 is 4.74 Å². The van der Waals surface area contributed by atoms with Gasteiger partial charge in [-0.05, 0) is 43.7 Å². The maximum atomic E-state index is 11.7. The third-order valence-corrected chi connectivity index (χ3v) is 4.00. The number of ether oxygens (including phenoxy) is 1. The summed E-state index contributed by atoms with van der Waals surface area (Å²) in [6.45, 7) is 2.17. The Morgan fingerprint density at radius 3 is 2.69 bits per heavy atom. The largest absolute Gasteiger partial charge is 0.462 e. The highest BCUT2D eigenvalue weighted by Gasteiger charge is 2.24. The first-order chi connectivity index (χ1) is 7.77. The average molecular weight is 238 g/mol. The lowest BCUT2D eigenvalue weighted by Gasteiger charge is -2.12. The molecule has 0 amide bonds. The fourth-order valence-corrected chi connectivity index (χ4v) is 3.22. The minimum Gasteiger partial charge on any atom is -0.462 e. The molecule has 0 fully saturated rings. The van der Waals surface area contributed by atoms with E-state index in [1.54, 1.807) is 6.92 Å². The maximum absolute atomic E-state index is 11.7. The van der Waals surface area contributed by atoms with Gasteiger partial charge >= 0.3 is 5.97 Å². The van der Waals surface area contributed by atoms with Gasteiger partial charge in [0.15, 0.2) is 6.29 Å². The molecule has 1 heterocycles. The standard InChI is InChI=1S/C12H14O3S/c1-2-15-12(14)11-9-6-4-3-5-8(9)10(7-13)16-11/h7H,2-6H2,1H3. The number of hydrogen-bond acceptors (Lipinski definition) is 4. The van der Waals surface area contributed by atoms with Crippen LogP contribution in [-0.4, -0.2) is 18.9 Å². The molecule has 0 saturated heterocycles. The van der Waals surface area contributed by atoms with E-state index in [0.717, 1.165) is 43.1 Å². The number of hydrogen-bond donors (Lipinski definition) is 0. The zero-order chi connectivity index (χ0) is 11.5. The molecule has 0 unspecified atom stereocenters. The van der Waals surface area contributed by atoms with Crippen molar-refractivity contribution < 1.29 is 14.3 Å². The molecule has 0 radical (unpaired) electrons. The predicted molar refractivity (Wildman–Crippen MR) is 62.3 cm³/mol. The Morgan fingerprint density at radius 1 is 1.38 bits per heavy atom. The SMILES string of the molecule is CCOC(=O)c1sc(C=O)c2c1CCCC2. The van der Waals surface area contributed by atoms with E-state index in [1.807, 2.05) is 0 Å². The molecule has 16 heavy (non-hydrogen) atoms. The molecule has 4 heteroatoms. The van der Waals surface area contributed by atoms with Crippen LogP contribution in [0.4, 0.5) is 0 Å². The van der Waals surface area contributed by atoms with Crippen LogP contribution in [0, 0.1) is 0 Å². The second-order valence-corrected chi connectivity index (χ2v) is 4.85. The fraction of sp³-hybridized carbons (Fsp3) is 0.500. The van der Waals surface area contributed by atoms with Crippen LogP contribution < -0.4 is 0 Å². The minimum absolute atomic E-state index is 0.279. The van der Waals surface area contributed by atoms with Crippen LogP contribution in [-0.2, 0) is 17.6 Å². The van der Waals surface area contributed by atoms with Gasteiger partial charge in [0.05, 0.1) is 11.5 Å². The average Bonchev–Trinajstić information content (AvgIpc) is 2.68. The van der Waals surface area contributed by atoms with Gasteiger partial charge in [-0.1, -0.05) is 0 Å². The molecular weight excluding hydrogens is 224 g/mol. The molecule has 0 aromatic carbocycles. The van der Waals surface area contributed by atoms with Gasteiger partial charge in [0, 0.05) is 0 Å². The fourth-order valence-electron chi connectivity index (χ4n) is 2.12. The second kappa shape index (κ2) is 4.78. The van der Waals surface area contributed by atoms with Gasteiger partial charge in [-0.15, -0.1) is 11.3 Å². The zero-order valence-corrected chi connectivity index (χ0v) is 10.1. The van der Waals surface area contributed by atoms with Gasteiger partial charge in [-0.2, -0.15) is 0 Å². The van der Waals surface area contributed by atoms with E-state index in [2.05, 4.69) is 0 Å². The lowest BCUT2D eigenvalue weighted by atomic mass is 9.92. The molecule has 1 aromatic heterocycles. The Morgan fingerprint density at radius 2 is 2.06 bits per heavy atom. The molecule has 0 aliphatic heterocycles. The molecule has 86 valence electrons. The van der Waals surface area contributed by atoms with E-state index in [-0.39, 0.29) is 5.97 Å². The van der Waals surface area contributed by atoms with E-state index in [9.17, 15) is 9.59 Å². The smallest absolute Gasteiger partial charge is 0.348 e. The Hall–Kier alpha value is -1.16. The first-order valence-electron chi connectivity index (χ1n) is 5.54. The zero-order valence-electron chi connectivity index (χ0n) is 9.25. The normalized spacial score (nSPS) is 14.3. The third kappa shape index (κ3) is 1.89.